The van der Waals surface area contributed by atoms with Crippen molar-refractivity contribution in [1.82, 2.24) is 9.88 Å². The maximum Gasteiger partial charge on any atom is 0.232 e. The van der Waals surface area contributed by atoms with Crippen LogP contribution < -0.4 is 0 Å². The van der Waals surface area contributed by atoms with Crippen LogP contribution in [0.2, 0.25) is 0 Å². The third-order valence-corrected chi connectivity index (χ3v) is 3.96. The van der Waals surface area contributed by atoms with E-state index >= 15 is 0 Å². The van der Waals surface area contributed by atoms with Gasteiger partial charge in [-0.15, -0.1) is 0 Å². The van der Waals surface area contributed by atoms with Gasteiger partial charge in [0.25, 0.3) is 0 Å². The summed E-state index contributed by atoms with van der Waals surface area (Å²) in [6, 6.07) is 3.68. The minimum absolute atomic E-state index is 0.00462. The van der Waals surface area contributed by atoms with Crippen molar-refractivity contribution >= 4 is 17.7 Å². The van der Waals surface area contributed by atoms with E-state index in [2.05, 4.69) is 4.98 Å². The number of nitrogens with zero attached hydrogens (tertiary/aromatic N) is 2. The van der Waals surface area contributed by atoms with Crippen LogP contribution in [0.1, 0.15) is 24.8 Å². The predicted octanol–water partition coefficient (Wildman–Crippen LogP) is 1.68. The summed E-state index contributed by atoms with van der Waals surface area (Å²) in [5.74, 6) is 0.651. The Morgan fingerprint density at radius 1 is 1.33 bits per heavy atom. The largest absolute Gasteiger partial charge is 0.392 e. The van der Waals surface area contributed by atoms with Crippen LogP contribution in [-0.2, 0) is 11.4 Å². The smallest absolute Gasteiger partial charge is 0.232 e. The second-order valence-electron chi connectivity index (χ2n) is 4.39. The van der Waals surface area contributed by atoms with Gasteiger partial charge in [-0.3, -0.25) is 4.79 Å². The van der Waals surface area contributed by atoms with Crippen LogP contribution >= 0.6 is 11.8 Å². The summed E-state index contributed by atoms with van der Waals surface area (Å²) in [4.78, 5) is 18.1. The number of carbonyl (C=O) groups excluding carboxylic acids is 1. The van der Waals surface area contributed by atoms with Crippen LogP contribution in [0.3, 0.4) is 0 Å². The van der Waals surface area contributed by atoms with Crippen LogP contribution in [0.25, 0.3) is 0 Å². The fraction of sp³-hybridized carbons (Fsp3) is 0.538. The van der Waals surface area contributed by atoms with Crippen molar-refractivity contribution in [2.75, 3.05) is 18.8 Å². The fourth-order valence-electron chi connectivity index (χ4n) is 1.96. The quantitative estimate of drug-likeness (QED) is 0.842. The van der Waals surface area contributed by atoms with Crippen LogP contribution in [0.15, 0.2) is 23.4 Å². The molecule has 98 valence electrons. The summed E-state index contributed by atoms with van der Waals surface area (Å²) in [7, 11) is 0. The zero-order chi connectivity index (χ0) is 12.8. The minimum Gasteiger partial charge on any atom is -0.392 e. The van der Waals surface area contributed by atoms with Crippen LogP contribution in [0.4, 0.5) is 0 Å². The Hall–Kier alpha value is -1.07. The van der Waals surface area contributed by atoms with E-state index in [0.29, 0.717) is 5.75 Å². The third-order valence-electron chi connectivity index (χ3n) is 3.03. The maximum absolute atomic E-state index is 11.9. The standard InChI is InChI=1S/C13H18N2O2S/c16-9-11-4-5-12(14-8-11)18-10-13(17)15-6-2-1-3-7-15/h4-5,8,16H,1-3,6-7,9-10H2. The first-order valence-electron chi connectivity index (χ1n) is 6.26. The fourth-order valence-corrected chi connectivity index (χ4v) is 2.71. The second kappa shape index (κ2) is 6.75. The van der Waals surface area contributed by atoms with Gasteiger partial charge in [-0.05, 0) is 30.9 Å². The number of hydrogen-bond acceptors (Lipinski definition) is 4. The number of thioether (sulfide) groups is 1. The topological polar surface area (TPSA) is 53.4 Å². The second-order valence-corrected chi connectivity index (χ2v) is 5.39. The van der Waals surface area contributed by atoms with Crippen molar-refractivity contribution in [3.05, 3.63) is 23.9 Å². The maximum atomic E-state index is 11.9. The average molecular weight is 266 g/mol. The molecule has 2 heterocycles. The molecular weight excluding hydrogens is 248 g/mol. The first-order chi connectivity index (χ1) is 8.79. The van der Waals surface area contributed by atoms with Crippen LogP contribution in [0, 0.1) is 0 Å². The molecule has 1 N–H and O–H groups in total. The van der Waals surface area contributed by atoms with Gasteiger partial charge < -0.3 is 10.0 Å². The van der Waals surface area contributed by atoms with Crippen LogP contribution in [-0.4, -0.2) is 39.7 Å². The Labute approximate surface area is 111 Å². The SMILES string of the molecule is O=C(CSc1ccc(CO)cn1)N1CCCCC1. The van der Waals surface area contributed by atoms with Crippen molar-refractivity contribution in [2.45, 2.75) is 30.9 Å². The lowest BCUT2D eigenvalue weighted by Gasteiger charge is -2.26. The zero-order valence-electron chi connectivity index (χ0n) is 10.3. The monoisotopic (exact) mass is 266 g/mol. The van der Waals surface area contributed by atoms with Gasteiger partial charge in [0.1, 0.15) is 0 Å². The first-order valence-corrected chi connectivity index (χ1v) is 7.24. The highest BCUT2D eigenvalue weighted by molar-refractivity contribution is 7.99. The van der Waals surface area contributed by atoms with Gasteiger partial charge in [0, 0.05) is 19.3 Å². The number of aromatic nitrogens is 1. The van der Waals surface area contributed by atoms with Gasteiger partial charge in [0.2, 0.25) is 5.91 Å². The molecule has 0 radical (unpaired) electrons. The van der Waals surface area contributed by atoms with Crippen molar-refractivity contribution in [1.29, 1.82) is 0 Å². The number of pyridine rings is 1. The minimum atomic E-state index is 0.00462. The highest BCUT2D eigenvalue weighted by Gasteiger charge is 2.16. The third kappa shape index (κ3) is 3.71. The highest BCUT2D eigenvalue weighted by Crippen LogP contribution is 2.17. The molecule has 1 saturated heterocycles. The molecule has 0 unspecified atom stereocenters. The van der Waals surface area contributed by atoms with Crippen molar-refractivity contribution < 1.29 is 9.90 Å². The normalized spacial score (nSPS) is 15.7. The van der Waals surface area contributed by atoms with Gasteiger partial charge in [0.05, 0.1) is 17.4 Å². The van der Waals surface area contributed by atoms with E-state index in [0.717, 1.165) is 36.5 Å². The Bertz CT molecular complexity index is 388. The Balaban J connectivity index is 1.80. The molecule has 0 spiro atoms. The number of likely N-dealkylation sites (tertiary alicyclic amines) is 1. The number of carbonyl (C=O) groups is 1. The molecule has 0 aliphatic carbocycles. The summed E-state index contributed by atoms with van der Waals surface area (Å²) >= 11 is 1.46. The Morgan fingerprint density at radius 2 is 2.11 bits per heavy atom. The number of rotatable bonds is 4. The van der Waals surface area contributed by atoms with Gasteiger partial charge >= 0.3 is 0 Å². The van der Waals surface area contributed by atoms with Crippen molar-refractivity contribution in [2.24, 2.45) is 0 Å². The summed E-state index contributed by atoms with van der Waals surface area (Å²) in [5, 5.41) is 9.74. The number of aliphatic hydroxyl groups is 1. The summed E-state index contributed by atoms with van der Waals surface area (Å²) in [6.07, 6.45) is 5.13. The highest BCUT2D eigenvalue weighted by atomic mass is 32.2. The molecule has 1 amide bonds. The molecule has 5 heteroatoms. The lowest BCUT2D eigenvalue weighted by Crippen LogP contribution is -2.36. The number of hydrogen-bond donors (Lipinski definition) is 1. The molecule has 4 nitrogen and oxygen atoms in total. The predicted molar refractivity (Wildman–Crippen MR) is 71.3 cm³/mol. The molecule has 0 aromatic carbocycles. The molecule has 1 aliphatic rings. The van der Waals surface area contributed by atoms with E-state index in [9.17, 15) is 4.79 Å². The summed E-state index contributed by atoms with van der Waals surface area (Å²) < 4.78 is 0. The molecule has 1 fully saturated rings. The number of piperidine rings is 1. The molecule has 1 aliphatic heterocycles. The molecule has 1 aromatic rings. The first kappa shape index (κ1) is 13.4. The Morgan fingerprint density at radius 3 is 2.72 bits per heavy atom. The summed E-state index contributed by atoms with van der Waals surface area (Å²) in [5.41, 5.74) is 0.793. The van der Waals surface area contributed by atoms with E-state index in [4.69, 9.17) is 5.11 Å². The van der Waals surface area contributed by atoms with Gasteiger partial charge in [-0.2, -0.15) is 0 Å². The van der Waals surface area contributed by atoms with E-state index in [1.807, 2.05) is 17.0 Å². The van der Waals surface area contributed by atoms with Gasteiger partial charge in [0.15, 0.2) is 0 Å². The van der Waals surface area contributed by atoms with Crippen molar-refractivity contribution in [3.63, 3.8) is 0 Å². The molecule has 1 aromatic heterocycles. The average Bonchev–Trinajstić information content (AvgIpc) is 2.46. The van der Waals surface area contributed by atoms with Crippen molar-refractivity contribution in [3.8, 4) is 0 Å². The van der Waals surface area contributed by atoms with Gasteiger partial charge in [-0.25, -0.2) is 4.98 Å². The lowest BCUT2D eigenvalue weighted by molar-refractivity contribution is -0.129. The van der Waals surface area contributed by atoms with E-state index in [1.54, 1.807) is 6.20 Å². The van der Waals surface area contributed by atoms with E-state index < -0.39 is 0 Å². The molecule has 0 bridgehead atoms. The molecule has 0 saturated carbocycles. The molecular formula is C13H18N2O2S. The van der Waals surface area contributed by atoms with E-state index in [-0.39, 0.29) is 12.5 Å². The van der Waals surface area contributed by atoms with Gasteiger partial charge in [-0.1, -0.05) is 17.8 Å². The zero-order valence-corrected chi connectivity index (χ0v) is 11.2. The number of aliphatic hydroxyl groups excluding tert-OH is 1. The van der Waals surface area contributed by atoms with E-state index in [1.165, 1.54) is 18.2 Å². The molecule has 0 atom stereocenters. The molecule has 2 rings (SSSR count). The van der Waals surface area contributed by atoms with Crippen LogP contribution in [0.5, 0.6) is 0 Å². The number of amides is 1. The lowest BCUT2D eigenvalue weighted by atomic mass is 10.1. The molecule has 18 heavy (non-hydrogen) atoms. The summed E-state index contributed by atoms with van der Waals surface area (Å²) in [6.45, 7) is 1.80. The Kier molecular flexibility index (Phi) is 5.01.